The molecule has 1 atom stereocenters. The Labute approximate surface area is 280 Å². The van der Waals surface area contributed by atoms with Crippen LogP contribution in [0.4, 0.5) is 5.69 Å². The van der Waals surface area contributed by atoms with Gasteiger partial charge < -0.3 is 19.7 Å². The van der Waals surface area contributed by atoms with Crippen molar-refractivity contribution in [1.82, 2.24) is 10.2 Å². The minimum atomic E-state index is -3.95. The Hall–Kier alpha value is -3.47. The van der Waals surface area contributed by atoms with Gasteiger partial charge in [-0.15, -0.1) is 0 Å². The van der Waals surface area contributed by atoms with Gasteiger partial charge in [0, 0.05) is 40.7 Å². The van der Waals surface area contributed by atoms with Crippen LogP contribution in [0, 0.1) is 0 Å². The number of rotatable bonds is 12. The largest absolute Gasteiger partial charge is 0.486 e. The molecule has 1 heterocycles. The molecule has 0 spiro atoms. The molecule has 2 amide bonds. The number of benzene rings is 3. The number of fused-ring (bicyclic) bond motifs is 1. The fourth-order valence-electron chi connectivity index (χ4n) is 5.86. The van der Waals surface area contributed by atoms with Crippen molar-refractivity contribution in [2.24, 2.45) is 0 Å². The Bertz CT molecular complexity index is 1610. The second kappa shape index (κ2) is 15.4. The zero-order chi connectivity index (χ0) is 32.7. The summed E-state index contributed by atoms with van der Waals surface area (Å²) in [6, 6.07) is 18.3. The van der Waals surface area contributed by atoms with Crippen molar-refractivity contribution in [1.29, 1.82) is 0 Å². The summed E-state index contributed by atoms with van der Waals surface area (Å²) in [6.45, 7) is 1.56. The number of hydrogen-bond acceptors (Lipinski definition) is 6. The first-order valence-corrected chi connectivity index (χ1v) is 18.0. The van der Waals surface area contributed by atoms with E-state index in [9.17, 15) is 18.0 Å². The normalized spacial score (nSPS) is 15.5. The van der Waals surface area contributed by atoms with Crippen LogP contribution in [0.5, 0.6) is 11.5 Å². The summed E-state index contributed by atoms with van der Waals surface area (Å²) < 4.78 is 39.4. The summed E-state index contributed by atoms with van der Waals surface area (Å²) in [7, 11) is -3.95. The van der Waals surface area contributed by atoms with Gasteiger partial charge in [0.25, 0.3) is 0 Å². The van der Waals surface area contributed by atoms with Crippen LogP contribution in [0.3, 0.4) is 0 Å². The number of nitrogens with zero attached hydrogens (tertiary/aromatic N) is 2. The van der Waals surface area contributed by atoms with Crippen molar-refractivity contribution in [2.45, 2.75) is 64.1 Å². The minimum Gasteiger partial charge on any atom is -0.486 e. The number of halogens is 2. The Morgan fingerprint density at radius 1 is 0.913 bits per heavy atom. The number of ether oxygens (including phenoxy) is 2. The van der Waals surface area contributed by atoms with Gasteiger partial charge in [0.15, 0.2) is 11.5 Å². The second-order valence-electron chi connectivity index (χ2n) is 11.5. The molecular weight excluding hydrogens is 649 g/mol. The highest BCUT2D eigenvalue weighted by Crippen LogP contribution is 2.35. The molecule has 9 nitrogen and oxygen atoms in total. The van der Waals surface area contributed by atoms with E-state index in [2.05, 4.69) is 5.32 Å². The van der Waals surface area contributed by atoms with Crippen molar-refractivity contribution >= 4 is 50.7 Å². The summed E-state index contributed by atoms with van der Waals surface area (Å²) in [5, 5.41) is 3.86. The smallest absolute Gasteiger partial charge is 0.244 e. The zero-order valence-corrected chi connectivity index (χ0v) is 28.1. The predicted octanol–water partition coefficient (Wildman–Crippen LogP) is 6.01. The molecule has 1 N–H and O–H groups in total. The average molecular weight is 689 g/mol. The lowest BCUT2D eigenvalue weighted by Crippen LogP contribution is -2.55. The lowest BCUT2D eigenvalue weighted by molar-refractivity contribution is -0.140. The maximum atomic E-state index is 14.5. The van der Waals surface area contributed by atoms with Gasteiger partial charge in [0.05, 0.1) is 11.4 Å². The van der Waals surface area contributed by atoms with Gasteiger partial charge in [-0.1, -0.05) is 78.9 Å². The Morgan fingerprint density at radius 3 is 2.26 bits per heavy atom. The van der Waals surface area contributed by atoms with E-state index < -0.39 is 28.5 Å². The first-order chi connectivity index (χ1) is 22.2. The monoisotopic (exact) mass is 687 g/mol. The van der Waals surface area contributed by atoms with E-state index in [1.54, 1.807) is 36.4 Å². The molecule has 46 heavy (non-hydrogen) atoms. The molecule has 5 rings (SSSR count). The van der Waals surface area contributed by atoms with E-state index in [0.29, 0.717) is 40.3 Å². The minimum absolute atomic E-state index is 0.00458. The van der Waals surface area contributed by atoms with Gasteiger partial charge in [0.2, 0.25) is 21.8 Å². The lowest BCUT2D eigenvalue weighted by Gasteiger charge is -2.35. The topological polar surface area (TPSA) is 105 Å². The maximum Gasteiger partial charge on any atom is 0.244 e. The first kappa shape index (κ1) is 33.9. The van der Waals surface area contributed by atoms with Crippen LogP contribution in [0.2, 0.25) is 10.0 Å². The molecule has 0 unspecified atom stereocenters. The van der Waals surface area contributed by atoms with Gasteiger partial charge in [-0.2, -0.15) is 0 Å². The number of anilines is 1. The van der Waals surface area contributed by atoms with Gasteiger partial charge in [-0.25, -0.2) is 8.42 Å². The number of nitrogens with one attached hydrogen (secondary N) is 1. The molecule has 0 bridgehead atoms. The molecule has 0 aromatic heterocycles. The Balaban J connectivity index is 1.55. The second-order valence-corrected chi connectivity index (χ2v) is 14.5. The lowest BCUT2D eigenvalue weighted by atomic mass is 9.94. The Morgan fingerprint density at radius 2 is 1.59 bits per heavy atom. The van der Waals surface area contributed by atoms with E-state index in [-0.39, 0.29) is 36.4 Å². The summed E-state index contributed by atoms with van der Waals surface area (Å²) >= 11 is 13.2. The molecule has 1 fully saturated rings. The Kier molecular flexibility index (Phi) is 11.4. The summed E-state index contributed by atoms with van der Waals surface area (Å²) in [4.78, 5) is 30.1. The molecule has 3 aromatic rings. The molecule has 3 aromatic carbocycles. The molecule has 246 valence electrons. The van der Waals surface area contributed by atoms with Crippen molar-refractivity contribution in [3.05, 3.63) is 87.9 Å². The van der Waals surface area contributed by atoms with Crippen molar-refractivity contribution < 1.29 is 27.5 Å². The van der Waals surface area contributed by atoms with Crippen LogP contribution in [0.15, 0.2) is 66.7 Å². The van der Waals surface area contributed by atoms with Crippen LogP contribution >= 0.6 is 23.2 Å². The number of hydrogen-bond donors (Lipinski definition) is 1. The maximum absolute atomic E-state index is 14.5. The van der Waals surface area contributed by atoms with E-state index in [1.165, 1.54) is 11.8 Å². The fourth-order valence-corrected chi connectivity index (χ4v) is 7.43. The highest BCUT2D eigenvalue weighted by Gasteiger charge is 2.35. The average Bonchev–Trinajstić information content (AvgIpc) is 3.07. The number of sulfonamides is 1. The molecule has 1 aliphatic heterocycles. The van der Waals surface area contributed by atoms with E-state index in [4.69, 9.17) is 32.7 Å². The molecule has 0 saturated heterocycles. The summed E-state index contributed by atoms with van der Waals surface area (Å²) in [5.41, 5.74) is 1.56. The van der Waals surface area contributed by atoms with Crippen LogP contribution in [-0.4, -0.2) is 62.7 Å². The van der Waals surface area contributed by atoms with Gasteiger partial charge in [-0.3, -0.25) is 13.9 Å². The van der Waals surface area contributed by atoms with Gasteiger partial charge >= 0.3 is 0 Å². The van der Waals surface area contributed by atoms with Crippen LogP contribution in [0.1, 0.15) is 50.2 Å². The fraction of sp³-hybridized carbons (Fsp3) is 0.412. The third-order valence-electron chi connectivity index (χ3n) is 8.41. The highest BCUT2D eigenvalue weighted by atomic mass is 35.5. The van der Waals surface area contributed by atoms with E-state index in [1.807, 2.05) is 30.3 Å². The van der Waals surface area contributed by atoms with Crippen LogP contribution < -0.4 is 19.1 Å². The number of amides is 2. The molecule has 12 heteroatoms. The predicted molar refractivity (Wildman–Crippen MR) is 180 cm³/mol. The number of carbonyl (C=O) groups excluding carboxylic acids is 2. The quantitative estimate of drug-likeness (QED) is 0.250. The summed E-state index contributed by atoms with van der Waals surface area (Å²) in [5.74, 6) is -0.256. The highest BCUT2D eigenvalue weighted by molar-refractivity contribution is 7.92. The van der Waals surface area contributed by atoms with Gasteiger partial charge in [0.1, 0.15) is 25.8 Å². The van der Waals surface area contributed by atoms with E-state index in [0.717, 1.165) is 42.0 Å². The third kappa shape index (κ3) is 8.27. The number of carbonyl (C=O) groups is 2. The zero-order valence-electron chi connectivity index (χ0n) is 25.8. The molecular formula is C34H39Cl2N3O6S. The molecule has 2 aliphatic rings. The molecule has 1 saturated carbocycles. The van der Waals surface area contributed by atoms with E-state index >= 15 is 0 Å². The SMILES string of the molecule is CCS(=O)(=O)N(CC(=O)N(Cc1c(Cl)cccc1Cl)[C@H](Cc1ccccc1)C(=O)NC1CCCCC1)c1ccc2c(c1)OCCO2. The van der Waals surface area contributed by atoms with Gasteiger partial charge in [-0.05, 0) is 49.6 Å². The third-order valence-corrected chi connectivity index (χ3v) is 10.9. The molecule has 1 aliphatic carbocycles. The molecule has 0 radical (unpaired) electrons. The van der Waals surface area contributed by atoms with Crippen molar-refractivity contribution in [2.75, 3.05) is 29.8 Å². The first-order valence-electron chi connectivity index (χ1n) is 15.6. The van der Waals surface area contributed by atoms with Crippen LogP contribution in [-0.2, 0) is 32.6 Å². The summed E-state index contributed by atoms with van der Waals surface area (Å²) in [6.07, 6.45) is 5.09. The van der Waals surface area contributed by atoms with Crippen LogP contribution in [0.25, 0.3) is 0 Å². The van der Waals surface area contributed by atoms with Crippen molar-refractivity contribution in [3.8, 4) is 11.5 Å². The van der Waals surface area contributed by atoms with Crippen molar-refractivity contribution in [3.63, 3.8) is 0 Å². The standard InChI is InChI=1S/C34H39Cl2N3O6S/c1-2-46(42,43)39(26-16-17-31-32(21-26)45-19-18-44-31)23-33(40)38(22-27-28(35)14-9-15-29(27)36)30(20-24-10-5-3-6-11-24)34(41)37-25-12-7-4-8-13-25/h3,5-6,9-11,14-17,21,25,30H,2,4,7-8,12-13,18-20,22-23H2,1H3,(H,37,41)/t30-/m1/s1.